The molecule has 0 aliphatic heterocycles. The standard InChI is InChI=1S/C28H23BrN2O3/c29-22-11-5-7-13-25(22)31-26(32)17-34-28(33)27-20-10-4-6-12-23(20)30-24-15-14-19(16-21(24)27)18-8-2-1-3-9-18/h1-13,19H,14-17H2,(H,31,32). The van der Waals surface area contributed by atoms with Crippen molar-refractivity contribution in [1.29, 1.82) is 0 Å². The summed E-state index contributed by atoms with van der Waals surface area (Å²) in [5, 5.41) is 3.53. The van der Waals surface area contributed by atoms with Crippen LogP contribution < -0.4 is 5.32 Å². The smallest absolute Gasteiger partial charge is 0.339 e. The summed E-state index contributed by atoms with van der Waals surface area (Å²) < 4.78 is 6.28. The van der Waals surface area contributed by atoms with Gasteiger partial charge in [-0.15, -0.1) is 0 Å². The molecule has 34 heavy (non-hydrogen) atoms. The highest BCUT2D eigenvalue weighted by molar-refractivity contribution is 9.10. The number of rotatable bonds is 5. The minimum Gasteiger partial charge on any atom is -0.452 e. The molecule has 0 saturated heterocycles. The first kappa shape index (κ1) is 22.3. The Hall–Kier alpha value is -3.51. The van der Waals surface area contributed by atoms with Crippen LogP contribution in [-0.4, -0.2) is 23.5 Å². The maximum Gasteiger partial charge on any atom is 0.339 e. The number of ether oxygens (including phenoxy) is 1. The summed E-state index contributed by atoms with van der Waals surface area (Å²) in [5.74, 6) is -0.581. The molecule has 0 bridgehead atoms. The van der Waals surface area contributed by atoms with Crippen molar-refractivity contribution in [3.63, 3.8) is 0 Å². The maximum atomic E-state index is 13.4. The molecular formula is C28H23BrN2O3. The van der Waals surface area contributed by atoms with Gasteiger partial charge in [-0.2, -0.15) is 0 Å². The average molecular weight is 515 g/mol. The molecule has 0 radical (unpaired) electrons. The largest absolute Gasteiger partial charge is 0.452 e. The number of pyridine rings is 1. The lowest BCUT2D eigenvalue weighted by Crippen LogP contribution is -2.24. The van der Waals surface area contributed by atoms with E-state index in [1.165, 1.54) is 5.56 Å². The van der Waals surface area contributed by atoms with Gasteiger partial charge in [-0.05, 0) is 70.4 Å². The summed E-state index contributed by atoms with van der Waals surface area (Å²) in [7, 11) is 0. The zero-order valence-corrected chi connectivity index (χ0v) is 20.0. The molecule has 0 spiro atoms. The van der Waals surface area contributed by atoms with Crippen LogP contribution in [0, 0.1) is 0 Å². The van der Waals surface area contributed by atoms with Crippen LogP contribution in [0.5, 0.6) is 0 Å². The van der Waals surface area contributed by atoms with Gasteiger partial charge in [-0.1, -0.05) is 60.7 Å². The quantitative estimate of drug-likeness (QED) is 0.328. The zero-order chi connectivity index (χ0) is 23.5. The van der Waals surface area contributed by atoms with Crippen LogP contribution in [0.4, 0.5) is 5.69 Å². The number of nitrogens with zero attached hydrogens (tertiary/aromatic N) is 1. The number of aryl methyl sites for hydroxylation is 1. The number of hydrogen-bond acceptors (Lipinski definition) is 4. The van der Waals surface area contributed by atoms with Crippen molar-refractivity contribution >= 4 is 44.4 Å². The Morgan fingerprint density at radius 1 is 0.971 bits per heavy atom. The molecule has 1 aromatic heterocycles. The summed E-state index contributed by atoms with van der Waals surface area (Å²) in [6.07, 6.45) is 2.48. The van der Waals surface area contributed by atoms with Crippen molar-refractivity contribution in [2.75, 3.05) is 11.9 Å². The second-order valence-corrected chi connectivity index (χ2v) is 9.24. The van der Waals surface area contributed by atoms with Gasteiger partial charge in [-0.3, -0.25) is 9.78 Å². The summed E-state index contributed by atoms with van der Waals surface area (Å²) in [6.45, 7) is -0.367. The number of hydrogen-bond donors (Lipinski definition) is 1. The summed E-state index contributed by atoms with van der Waals surface area (Å²) in [5.41, 5.74) is 5.04. The number of esters is 1. The molecule has 3 aromatic carbocycles. The first-order valence-corrected chi connectivity index (χ1v) is 12.1. The van der Waals surface area contributed by atoms with E-state index in [9.17, 15) is 9.59 Å². The lowest BCUT2D eigenvalue weighted by atomic mass is 9.80. The van der Waals surface area contributed by atoms with Crippen LogP contribution in [0.15, 0.2) is 83.3 Å². The van der Waals surface area contributed by atoms with Crippen molar-refractivity contribution in [1.82, 2.24) is 4.98 Å². The monoisotopic (exact) mass is 514 g/mol. The average Bonchev–Trinajstić information content (AvgIpc) is 2.87. The highest BCUT2D eigenvalue weighted by Crippen LogP contribution is 2.36. The van der Waals surface area contributed by atoms with Gasteiger partial charge in [0.1, 0.15) is 0 Å². The van der Waals surface area contributed by atoms with E-state index in [4.69, 9.17) is 9.72 Å². The molecule has 1 heterocycles. The Morgan fingerprint density at radius 3 is 2.53 bits per heavy atom. The normalized spacial score (nSPS) is 14.9. The van der Waals surface area contributed by atoms with Crippen molar-refractivity contribution in [3.8, 4) is 0 Å². The van der Waals surface area contributed by atoms with E-state index in [1.54, 1.807) is 6.07 Å². The van der Waals surface area contributed by atoms with Gasteiger partial charge in [-0.25, -0.2) is 4.79 Å². The molecule has 1 aliphatic carbocycles. The number of nitrogens with one attached hydrogen (secondary N) is 1. The van der Waals surface area contributed by atoms with Crippen LogP contribution in [0.3, 0.4) is 0 Å². The van der Waals surface area contributed by atoms with Crippen LogP contribution in [0.25, 0.3) is 10.9 Å². The predicted molar refractivity (Wildman–Crippen MR) is 136 cm³/mol. The fraction of sp³-hybridized carbons (Fsp3) is 0.179. The number of benzene rings is 3. The van der Waals surface area contributed by atoms with Crippen molar-refractivity contribution in [2.24, 2.45) is 0 Å². The van der Waals surface area contributed by atoms with Crippen molar-refractivity contribution in [2.45, 2.75) is 25.2 Å². The number of halogens is 1. The van der Waals surface area contributed by atoms with Crippen molar-refractivity contribution in [3.05, 3.63) is 106 Å². The van der Waals surface area contributed by atoms with Gasteiger partial charge < -0.3 is 10.1 Å². The maximum absolute atomic E-state index is 13.4. The van der Waals surface area contributed by atoms with Crippen LogP contribution in [0.2, 0.25) is 0 Å². The minimum atomic E-state index is -0.495. The van der Waals surface area contributed by atoms with E-state index >= 15 is 0 Å². The van der Waals surface area contributed by atoms with Crippen LogP contribution in [0.1, 0.15) is 39.5 Å². The summed E-state index contributed by atoms with van der Waals surface area (Å²) in [4.78, 5) is 30.7. The van der Waals surface area contributed by atoms with Gasteiger partial charge in [0.15, 0.2) is 6.61 Å². The zero-order valence-electron chi connectivity index (χ0n) is 18.5. The lowest BCUT2D eigenvalue weighted by Gasteiger charge is -2.26. The number of fused-ring (bicyclic) bond motifs is 2. The molecule has 1 aliphatic rings. The number of anilines is 1. The minimum absolute atomic E-state index is 0.307. The molecule has 5 rings (SSSR count). The highest BCUT2D eigenvalue weighted by atomic mass is 79.9. The molecule has 5 nitrogen and oxygen atoms in total. The van der Waals surface area contributed by atoms with E-state index in [1.807, 2.05) is 60.7 Å². The molecular weight excluding hydrogens is 492 g/mol. The summed E-state index contributed by atoms with van der Waals surface area (Å²) >= 11 is 3.41. The molecule has 1 unspecified atom stereocenters. The second kappa shape index (κ2) is 9.77. The first-order valence-electron chi connectivity index (χ1n) is 11.3. The Labute approximate surface area is 206 Å². The fourth-order valence-electron chi connectivity index (χ4n) is 4.58. The van der Waals surface area contributed by atoms with Crippen molar-refractivity contribution < 1.29 is 14.3 Å². The van der Waals surface area contributed by atoms with Gasteiger partial charge in [0.2, 0.25) is 0 Å². The number of para-hydroxylation sites is 2. The Balaban J connectivity index is 1.42. The third-order valence-electron chi connectivity index (χ3n) is 6.22. The summed E-state index contributed by atoms with van der Waals surface area (Å²) in [6, 6.07) is 25.3. The Kier molecular flexibility index (Phi) is 6.41. The van der Waals surface area contributed by atoms with Gasteiger partial charge >= 0.3 is 5.97 Å². The number of aromatic nitrogens is 1. The molecule has 1 N–H and O–H groups in total. The van der Waals surface area contributed by atoms with E-state index in [-0.39, 0.29) is 6.61 Å². The predicted octanol–water partition coefficient (Wildman–Crippen LogP) is 6.07. The molecule has 6 heteroatoms. The molecule has 170 valence electrons. The Morgan fingerprint density at radius 2 is 1.71 bits per heavy atom. The fourth-order valence-corrected chi connectivity index (χ4v) is 4.97. The third kappa shape index (κ3) is 4.59. The highest BCUT2D eigenvalue weighted by Gasteiger charge is 2.28. The van der Waals surface area contributed by atoms with E-state index < -0.39 is 11.9 Å². The number of amides is 1. The molecule has 1 amide bonds. The molecule has 0 fully saturated rings. The number of carbonyl (C=O) groups excluding carboxylic acids is 2. The lowest BCUT2D eigenvalue weighted by molar-refractivity contribution is -0.119. The van der Waals surface area contributed by atoms with Gasteiger partial charge in [0.05, 0.1) is 16.8 Å². The second-order valence-electron chi connectivity index (χ2n) is 8.38. The third-order valence-corrected chi connectivity index (χ3v) is 6.91. The number of carbonyl (C=O) groups is 2. The van der Waals surface area contributed by atoms with Gasteiger partial charge in [0.25, 0.3) is 5.91 Å². The molecule has 4 aromatic rings. The van der Waals surface area contributed by atoms with E-state index in [0.717, 1.165) is 39.5 Å². The van der Waals surface area contributed by atoms with Gasteiger partial charge in [0, 0.05) is 15.6 Å². The van der Waals surface area contributed by atoms with E-state index in [2.05, 4.69) is 33.4 Å². The topological polar surface area (TPSA) is 68.3 Å². The SMILES string of the molecule is O=C(COC(=O)c1c2c(nc3ccccc13)CCC(c1ccccc1)C2)Nc1ccccc1Br. The Bertz CT molecular complexity index is 1370. The van der Waals surface area contributed by atoms with E-state index in [0.29, 0.717) is 23.6 Å². The van der Waals surface area contributed by atoms with Crippen LogP contribution in [-0.2, 0) is 22.4 Å². The molecule has 1 atom stereocenters. The first-order chi connectivity index (χ1) is 16.6. The van der Waals surface area contributed by atoms with Crippen LogP contribution >= 0.6 is 15.9 Å². The molecule has 0 saturated carbocycles.